The van der Waals surface area contributed by atoms with Crippen molar-refractivity contribution in [3.8, 4) is 6.07 Å². The maximum absolute atomic E-state index is 8.56. The van der Waals surface area contributed by atoms with Crippen molar-refractivity contribution in [2.75, 3.05) is 23.7 Å². The van der Waals surface area contributed by atoms with Crippen LogP contribution in [-0.2, 0) is 0 Å². The Morgan fingerprint density at radius 1 is 1.59 bits per heavy atom. The van der Waals surface area contributed by atoms with Crippen LogP contribution >= 0.6 is 11.8 Å². The van der Waals surface area contributed by atoms with Crippen molar-refractivity contribution >= 4 is 17.6 Å². The van der Waals surface area contributed by atoms with Gasteiger partial charge in [-0.1, -0.05) is 18.7 Å². The second kappa shape index (κ2) is 5.87. The summed E-state index contributed by atoms with van der Waals surface area (Å²) in [4.78, 5) is 10.8. The lowest BCUT2D eigenvalue weighted by Gasteiger charge is -2.31. The van der Waals surface area contributed by atoms with E-state index in [1.807, 2.05) is 6.07 Å². The Morgan fingerprint density at radius 2 is 2.47 bits per heavy atom. The molecule has 1 saturated heterocycles. The van der Waals surface area contributed by atoms with Gasteiger partial charge in [0.1, 0.15) is 17.2 Å². The number of hydrogen-bond donors (Lipinski definition) is 0. The molecular weight excluding hydrogens is 232 g/mol. The van der Waals surface area contributed by atoms with Crippen LogP contribution in [0.5, 0.6) is 0 Å². The van der Waals surface area contributed by atoms with Gasteiger partial charge in [0, 0.05) is 19.2 Å². The van der Waals surface area contributed by atoms with Gasteiger partial charge in [-0.3, -0.25) is 0 Å². The van der Waals surface area contributed by atoms with Crippen molar-refractivity contribution in [3.05, 3.63) is 12.4 Å². The third-order valence-electron chi connectivity index (χ3n) is 2.89. The average molecular weight is 248 g/mol. The summed E-state index contributed by atoms with van der Waals surface area (Å²) in [5.74, 6) is 2.16. The van der Waals surface area contributed by atoms with Gasteiger partial charge in [0.15, 0.2) is 0 Å². The lowest BCUT2D eigenvalue weighted by Crippen LogP contribution is -2.34. The van der Waals surface area contributed by atoms with E-state index in [2.05, 4.69) is 27.9 Å². The highest BCUT2D eigenvalue weighted by Crippen LogP contribution is 2.23. The molecule has 1 aliphatic rings. The van der Waals surface area contributed by atoms with E-state index in [0.717, 1.165) is 29.9 Å². The first-order valence-electron chi connectivity index (χ1n) is 5.86. The number of hydrogen-bond acceptors (Lipinski definition) is 5. The third kappa shape index (κ3) is 3.34. The fourth-order valence-corrected chi connectivity index (χ4v) is 2.61. The zero-order valence-electron chi connectivity index (χ0n) is 9.96. The highest BCUT2D eigenvalue weighted by molar-refractivity contribution is 7.99. The molecule has 2 rings (SSSR count). The summed E-state index contributed by atoms with van der Waals surface area (Å²) in [7, 11) is 0. The van der Waals surface area contributed by atoms with Gasteiger partial charge >= 0.3 is 0 Å². The van der Waals surface area contributed by atoms with Crippen LogP contribution in [-0.4, -0.2) is 28.8 Å². The molecule has 17 heavy (non-hydrogen) atoms. The van der Waals surface area contributed by atoms with Gasteiger partial charge in [-0.15, -0.1) is 0 Å². The molecule has 0 aliphatic carbocycles. The lowest BCUT2D eigenvalue weighted by molar-refractivity contribution is 0.444. The Morgan fingerprint density at radius 3 is 3.24 bits per heavy atom. The molecule has 1 atom stereocenters. The van der Waals surface area contributed by atoms with Crippen molar-refractivity contribution in [2.24, 2.45) is 5.92 Å². The molecule has 0 N–H and O–H groups in total. The molecule has 5 heteroatoms. The summed E-state index contributed by atoms with van der Waals surface area (Å²) in [5, 5.41) is 9.44. The van der Waals surface area contributed by atoms with Crippen LogP contribution in [0.1, 0.15) is 19.8 Å². The van der Waals surface area contributed by atoms with Gasteiger partial charge in [-0.25, -0.2) is 9.97 Å². The molecule has 0 aromatic carbocycles. The van der Waals surface area contributed by atoms with Crippen molar-refractivity contribution in [3.63, 3.8) is 0 Å². The van der Waals surface area contributed by atoms with Crippen molar-refractivity contribution < 1.29 is 0 Å². The van der Waals surface area contributed by atoms with E-state index in [0.29, 0.717) is 5.75 Å². The first-order valence-corrected chi connectivity index (χ1v) is 6.85. The molecule has 0 saturated carbocycles. The largest absolute Gasteiger partial charge is 0.356 e. The number of aromatic nitrogens is 2. The van der Waals surface area contributed by atoms with Crippen molar-refractivity contribution in [2.45, 2.75) is 24.8 Å². The van der Waals surface area contributed by atoms with Crippen LogP contribution in [0.4, 0.5) is 5.82 Å². The van der Waals surface area contributed by atoms with E-state index in [1.165, 1.54) is 24.6 Å². The van der Waals surface area contributed by atoms with Gasteiger partial charge < -0.3 is 4.90 Å². The van der Waals surface area contributed by atoms with E-state index in [1.54, 1.807) is 6.33 Å². The topological polar surface area (TPSA) is 52.8 Å². The maximum atomic E-state index is 8.56. The number of nitrogens with zero attached hydrogens (tertiary/aromatic N) is 4. The van der Waals surface area contributed by atoms with Crippen LogP contribution < -0.4 is 4.90 Å². The molecule has 1 fully saturated rings. The molecule has 1 aromatic heterocycles. The van der Waals surface area contributed by atoms with E-state index in [4.69, 9.17) is 5.26 Å². The van der Waals surface area contributed by atoms with Crippen LogP contribution in [0.2, 0.25) is 0 Å². The fourth-order valence-electron chi connectivity index (χ4n) is 2.09. The van der Waals surface area contributed by atoms with Crippen molar-refractivity contribution in [1.29, 1.82) is 5.26 Å². The summed E-state index contributed by atoms with van der Waals surface area (Å²) in [6.07, 6.45) is 4.12. The fraction of sp³-hybridized carbons (Fsp3) is 0.583. The Kier molecular flexibility index (Phi) is 4.21. The summed E-state index contributed by atoms with van der Waals surface area (Å²) < 4.78 is 0. The minimum atomic E-state index is 0.437. The first kappa shape index (κ1) is 12.2. The van der Waals surface area contributed by atoms with Crippen molar-refractivity contribution in [1.82, 2.24) is 9.97 Å². The Bertz CT molecular complexity index is 415. The molecule has 0 radical (unpaired) electrons. The van der Waals surface area contributed by atoms with E-state index < -0.39 is 0 Å². The monoisotopic (exact) mass is 248 g/mol. The summed E-state index contributed by atoms with van der Waals surface area (Å²) in [6.45, 7) is 4.42. The zero-order chi connectivity index (χ0) is 12.1. The number of piperidine rings is 1. The number of nitriles is 1. The van der Waals surface area contributed by atoms with E-state index in [-0.39, 0.29) is 0 Å². The second-order valence-corrected chi connectivity index (χ2v) is 5.35. The van der Waals surface area contributed by atoms with Crippen LogP contribution in [0.3, 0.4) is 0 Å². The molecule has 1 aromatic rings. The SMILES string of the molecule is CC1CCCN(c2cc(SCC#N)ncn2)C1. The molecule has 2 heterocycles. The number of thioether (sulfide) groups is 1. The minimum absolute atomic E-state index is 0.437. The molecule has 90 valence electrons. The summed E-state index contributed by atoms with van der Waals surface area (Å²) >= 11 is 1.46. The smallest absolute Gasteiger partial charge is 0.133 e. The molecule has 0 spiro atoms. The third-order valence-corrected chi connectivity index (χ3v) is 3.69. The van der Waals surface area contributed by atoms with Crippen LogP contribution in [0.15, 0.2) is 17.4 Å². The molecule has 4 nitrogen and oxygen atoms in total. The van der Waals surface area contributed by atoms with E-state index >= 15 is 0 Å². The summed E-state index contributed by atoms with van der Waals surface area (Å²) in [6, 6.07) is 4.10. The van der Waals surface area contributed by atoms with E-state index in [9.17, 15) is 0 Å². The van der Waals surface area contributed by atoms with Gasteiger partial charge in [-0.05, 0) is 18.8 Å². The first-order chi connectivity index (χ1) is 8.29. The minimum Gasteiger partial charge on any atom is -0.356 e. The van der Waals surface area contributed by atoms with Gasteiger partial charge in [-0.2, -0.15) is 5.26 Å². The predicted molar refractivity (Wildman–Crippen MR) is 69.0 cm³/mol. The standard InChI is InChI=1S/C12H16N4S/c1-10-3-2-5-16(8-10)11-7-12(15-9-14-11)17-6-4-13/h7,9-10H,2-3,5-6,8H2,1H3. The molecule has 1 aliphatic heterocycles. The quantitative estimate of drug-likeness (QED) is 0.607. The highest BCUT2D eigenvalue weighted by atomic mass is 32.2. The molecule has 0 bridgehead atoms. The normalized spacial score (nSPS) is 20.0. The Hall–Kier alpha value is -1.28. The summed E-state index contributed by atoms with van der Waals surface area (Å²) in [5.41, 5.74) is 0. The number of anilines is 1. The average Bonchev–Trinajstić information content (AvgIpc) is 2.37. The lowest BCUT2D eigenvalue weighted by atomic mass is 10.0. The zero-order valence-corrected chi connectivity index (χ0v) is 10.8. The molecular formula is C12H16N4S. The molecule has 0 amide bonds. The Labute approximate surface area is 106 Å². The number of rotatable bonds is 3. The Balaban J connectivity index is 2.07. The predicted octanol–water partition coefficient (Wildman–Crippen LogP) is 2.33. The second-order valence-electron chi connectivity index (χ2n) is 4.35. The highest BCUT2D eigenvalue weighted by Gasteiger charge is 2.17. The molecule has 1 unspecified atom stereocenters. The van der Waals surface area contributed by atoms with Gasteiger partial charge in [0.25, 0.3) is 0 Å². The van der Waals surface area contributed by atoms with Gasteiger partial charge in [0.05, 0.1) is 11.8 Å². The van der Waals surface area contributed by atoms with Gasteiger partial charge in [0.2, 0.25) is 0 Å². The maximum Gasteiger partial charge on any atom is 0.133 e. The van der Waals surface area contributed by atoms with Crippen LogP contribution in [0.25, 0.3) is 0 Å². The van der Waals surface area contributed by atoms with Crippen LogP contribution in [0, 0.1) is 17.2 Å².